The van der Waals surface area contributed by atoms with Crippen LogP contribution in [0.4, 0.5) is 0 Å². The molecule has 0 radical (unpaired) electrons. The van der Waals surface area contributed by atoms with E-state index in [0.717, 1.165) is 13.0 Å². The van der Waals surface area contributed by atoms with Crippen molar-refractivity contribution in [1.82, 2.24) is 0 Å². The molecule has 0 aromatic carbocycles. The minimum atomic E-state index is -0.572. The van der Waals surface area contributed by atoms with Crippen molar-refractivity contribution in [3.8, 4) is 0 Å². The van der Waals surface area contributed by atoms with Crippen LogP contribution >= 0.6 is 0 Å². The van der Waals surface area contributed by atoms with Crippen LogP contribution in [0.1, 0.15) is 20.3 Å². The van der Waals surface area contributed by atoms with Gasteiger partial charge in [0.05, 0.1) is 12.2 Å². The summed E-state index contributed by atoms with van der Waals surface area (Å²) in [4.78, 5) is 0. The average molecular weight is 130 g/mol. The first-order valence-electron chi connectivity index (χ1n) is 3.40. The molecule has 1 aliphatic rings. The summed E-state index contributed by atoms with van der Waals surface area (Å²) in [6.07, 6.45) is 0.868. The van der Waals surface area contributed by atoms with Gasteiger partial charge in [-0.2, -0.15) is 0 Å². The summed E-state index contributed by atoms with van der Waals surface area (Å²) in [7, 11) is 0. The lowest BCUT2D eigenvalue weighted by Crippen LogP contribution is -2.38. The lowest BCUT2D eigenvalue weighted by molar-refractivity contribution is -0.0941. The summed E-state index contributed by atoms with van der Waals surface area (Å²) < 4.78 is 5.15. The molecule has 1 fully saturated rings. The molecule has 1 saturated heterocycles. The maximum Gasteiger partial charge on any atom is 0.0855 e. The van der Waals surface area contributed by atoms with Gasteiger partial charge in [-0.3, -0.25) is 0 Å². The van der Waals surface area contributed by atoms with Gasteiger partial charge in [-0.1, -0.05) is 6.92 Å². The van der Waals surface area contributed by atoms with E-state index in [-0.39, 0.29) is 0 Å². The van der Waals surface area contributed by atoms with Crippen molar-refractivity contribution in [3.63, 3.8) is 0 Å². The smallest absolute Gasteiger partial charge is 0.0855 e. The molecule has 0 spiro atoms. The maximum absolute atomic E-state index is 9.42. The molecule has 2 unspecified atom stereocenters. The largest absolute Gasteiger partial charge is 0.388 e. The third kappa shape index (κ3) is 1.95. The van der Waals surface area contributed by atoms with E-state index in [2.05, 4.69) is 6.92 Å². The summed E-state index contributed by atoms with van der Waals surface area (Å²) in [5, 5.41) is 9.42. The van der Waals surface area contributed by atoms with Crippen molar-refractivity contribution < 1.29 is 9.84 Å². The van der Waals surface area contributed by atoms with Crippen LogP contribution in [0.25, 0.3) is 0 Å². The van der Waals surface area contributed by atoms with Gasteiger partial charge < -0.3 is 9.84 Å². The second kappa shape index (κ2) is 2.27. The van der Waals surface area contributed by atoms with Crippen LogP contribution < -0.4 is 0 Å². The molecule has 0 saturated carbocycles. The number of ether oxygens (including phenoxy) is 1. The molecule has 0 bridgehead atoms. The van der Waals surface area contributed by atoms with Crippen molar-refractivity contribution in [2.24, 2.45) is 5.92 Å². The highest BCUT2D eigenvalue weighted by molar-refractivity contribution is 4.78. The zero-order valence-corrected chi connectivity index (χ0v) is 6.05. The van der Waals surface area contributed by atoms with E-state index in [9.17, 15) is 5.11 Å². The van der Waals surface area contributed by atoms with Crippen LogP contribution in [0.3, 0.4) is 0 Å². The molecule has 0 amide bonds. The Balaban J connectivity index is 2.41. The molecule has 2 atom stereocenters. The minimum Gasteiger partial charge on any atom is -0.388 e. The topological polar surface area (TPSA) is 29.5 Å². The molecule has 2 nitrogen and oxygen atoms in total. The third-order valence-corrected chi connectivity index (χ3v) is 1.60. The van der Waals surface area contributed by atoms with Crippen molar-refractivity contribution in [1.29, 1.82) is 0 Å². The van der Waals surface area contributed by atoms with Crippen LogP contribution in [-0.2, 0) is 4.74 Å². The van der Waals surface area contributed by atoms with Crippen molar-refractivity contribution in [3.05, 3.63) is 0 Å². The number of hydrogen-bond donors (Lipinski definition) is 1. The first kappa shape index (κ1) is 7.03. The molecule has 54 valence electrons. The quantitative estimate of drug-likeness (QED) is 0.525. The molecule has 0 aliphatic carbocycles. The molecule has 0 aromatic rings. The van der Waals surface area contributed by atoms with E-state index in [1.165, 1.54) is 0 Å². The predicted octanol–water partition coefficient (Wildman–Crippen LogP) is 0.794. The van der Waals surface area contributed by atoms with Gasteiger partial charge in [0, 0.05) is 6.61 Å². The summed E-state index contributed by atoms with van der Waals surface area (Å²) in [5.74, 6) is 0.508. The van der Waals surface area contributed by atoms with Gasteiger partial charge in [0.15, 0.2) is 0 Å². The van der Waals surface area contributed by atoms with E-state index >= 15 is 0 Å². The van der Waals surface area contributed by atoms with Gasteiger partial charge in [-0.05, 0) is 19.3 Å². The van der Waals surface area contributed by atoms with Gasteiger partial charge in [-0.25, -0.2) is 0 Å². The molecule has 1 heterocycles. The second-order valence-corrected chi connectivity index (χ2v) is 3.32. The van der Waals surface area contributed by atoms with Crippen LogP contribution in [0.5, 0.6) is 0 Å². The highest BCUT2D eigenvalue weighted by atomic mass is 16.5. The minimum absolute atomic E-state index is 0.497. The average Bonchev–Trinajstić information content (AvgIpc) is 1.60. The zero-order chi connectivity index (χ0) is 6.91. The first-order chi connectivity index (χ1) is 4.10. The van der Waals surface area contributed by atoms with Gasteiger partial charge >= 0.3 is 0 Å². The summed E-state index contributed by atoms with van der Waals surface area (Å²) in [6.45, 7) is 5.21. The Morgan fingerprint density at radius 3 is 2.67 bits per heavy atom. The van der Waals surface area contributed by atoms with E-state index in [1.54, 1.807) is 0 Å². The Morgan fingerprint density at radius 1 is 1.67 bits per heavy atom. The van der Waals surface area contributed by atoms with E-state index < -0.39 is 5.60 Å². The zero-order valence-electron chi connectivity index (χ0n) is 6.05. The molecule has 9 heavy (non-hydrogen) atoms. The SMILES string of the molecule is CC1COCC(C)(O)C1. The number of rotatable bonds is 0. The third-order valence-electron chi connectivity index (χ3n) is 1.60. The second-order valence-electron chi connectivity index (χ2n) is 3.32. The lowest BCUT2D eigenvalue weighted by Gasteiger charge is -2.31. The first-order valence-corrected chi connectivity index (χ1v) is 3.40. The molecular formula is C7H14O2. The van der Waals surface area contributed by atoms with Gasteiger partial charge in [-0.15, -0.1) is 0 Å². The molecule has 1 rings (SSSR count). The Morgan fingerprint density at radius 2 is 2.33 bits per heavy atom. The summed E-state index contributed by atoms with van der Waals surface area (Å²) in [6, 6.07) is 0. The number of hydrogen-bond acceptors (Lipinski definition) is 2. The summed E-state index contributed by atoms with van der Waals surface area (Å²) >= 11 is 0. The van der Waals surface area contributed by atoms with E-state index in [1.807, 2.05) is 6.92 Å². The van der Waals surface area contributed by atoms with Crippen LogP contribution in [0, 0.1) is 5.92 Å². The number of aliphatic hydroxyl groups is 1. The Kier molecular flexibility index (Phi) is 1.78. The van der Waals surface area contributed by atoms with Crippen molar-refractivity contribution in [2.75, 3.05) is 13.2 Å². The Hall–Kier alpha value is -0.0800. The Bertz CT molecular complexity index is 99.1. The highest BCUT2D eigenvalue weighted by Crippen LogP contribution is 2.21. The van der Waals surface area contributed by atoms with Gasteiger partial charge in [0.25, 0.3) is 0 Å². The van der Waals surface area contributed by atoms with Crippen LogP contribution in [0.2, 0.25) is 0 Å². The summed E-state index contributed by atoms with van der Waals surface area (Å²) in [5.41, 5.74) is -0.572. The fourth-order valence-electron chi connectivity index (χ4n) is 1.35. The molecule has 1 aliphatic heterocycles. The van der Waals surface area contributed by atoms with Crippen LogP contribution in [-0.4, -0.2) is 23.9 Å². The van der Waals surface area contributed by atoms with Gasteiger partial charge in [0.1, 0.15) is 0 Å². The van der Waals surface area contributed by atoms with E-state index in [0.29, 0.717) is 12.5 Å². The normalized spacial score (nSPS) is 45.0. The predicted molar refractivity (Wildman–Crippen MR) is 35.2 cm³/mol. The van der Waals surface area contributed by atoms with E-state index in [4.69, 9.17) is 4.74 Å². The van der Waals surface area contributed by atoms with Crippen molar-refractivity contribution in [2.45, 2.75) is 25.9 Å². The van der Waals surface area contributed by atoms with Crippen molar-refractivity contribution >= 4 is 0 Å². The fourth-order valence-corrected chi connectivity index (χ4v) is 1.35. The molecule has 1 N–H and O–H groups in total. The monoisotopic (exact) mass is 130 g/mol. The van der Waals surface area contributed by atoms with Gasteiger partial charge in [0.2, 0.25) is 0 Å². The molecule has 0 aromatic heterocycles. The maximum atomic E-state index is 9.42. The highest BCUT2D eigenvalue weighted by Gasteiger charge is 2.27. The standard InChI is InChI=1S/C7H14O2/c1-6-3-7(2,8)5-9-4-6/h6,8H,3-5H2,1-2H3. The molecular weight excluding hydrogens is 116 g/mol. The molecule has 2 heteroatoms. The lowest BCUT2D eigenvalue weighted by atomic mass is 9.92. The van der Waals surface area contributed by atoms with Crippen LogP contribution in [0.15, 0.2) is 0 Å². The Labute approximate surface area is 55.8 Å². The fraction of sp³-hybridized carbons (Fsp3) is 1.00.